The van der Waals surface area contributed by atoms with Crippen molar-refractivity contribution in [1.82, 2.24) is 4.90 Å². The number of likely N-dealkylation sites (tertiary alicyclic amines) is 1. The van der Waals surface area contributed by atoms with E-state index < -0.39 is 0 Å². The van der Waals surface area contributed by atoms with Gasteiger partial charge < -0.3 is 9.47 Å². The summed E-state index contributed by atoms with van der Waals surface area (Å²) in [4.78, 5) is 2.64. The molecule has 0 N–H and O–H groups in total. The molecule has 3 aromatic rings. The van der Waals surface area contributed by atoms with Gasteiger partial charge in [0.15, 0.2) is 0 Å². The quantitative estimate of drug-likeness (QED) is 0.297. The molecule has 3 heteroatoms. The molecule has 1 aliphatic heterocycles. The van der Waals surface area contributed by atoms with E-state index in [2.05, 4.69) is 109 Å². The Morgan fingerprint density at radius 2 is 1.35 bits per heavy atom. The van der Waals surface area contributed by atoms with E-state index in [1.54, 1.807) is 0 Å². The van der Waals surface area contributed by atoms with Gasteiger partial charge in [-0.1, -0.05) is 103 Å². The third-order valence-corrected chi connectivity index (χ3v) is 6.67. The number of hydrogen-bond acceptors (Lipinski definition) is 3. The first kappa shape index (κ1) is 24.4. The Balaban J connectivity index is 1.52. The number of ether oxygens (including phenoxy) is 2. The van der Waals surface area contributed by atoms with Gasteiger partial charge in [-0.2, -0.15) is 0 Å². The molecule has 1 heterocycles. The summed E-state index contributed by atoms with van der Waals surface area (Å²) in [6, 6.07) is 32.4. The molecule has 0 bridgehead atoms. The molecule has 0 aliphatic carbocycles. The van der Waals surface area contributed by atoms with Gasteiger partial charge in [0.25, 0.3) is 0 Å². The fourth-order valence-corrected chi connectivity index (χ4v) is 4.83. The van der Waals surface area contributed by atoms with Crippen molar-refractivity contribution in [3.8, 4) is 0 Å². The lowest BCUT2D eigenvalue weighted by Crippen LogP contribution is -2.55. The zero-order valence-electron chi connectivity index (χ0n) is 20.3. The maximum Gasteiger partial charge on any atom is 0.0758 e. The third-order valence-electron chi connectivity index (χ3n) is 6.67. The van der Waals surface area contributed by atoms with E-state index in [0.717, 1.165) is 25.8 Å². The van der Waals surface area contributed by atoms with Crippen molar-refractivity contribution in [3.63, 3.8) is 0 Å². The van der Waals surface area contributed by atoms with Crippen molar-refractivity contribution < 1.29 is 9.47 Å². The van der Waals surface area contributed by atoms with Crippen LogP contribution in [0.15, 0.2) is 103 Å². The first-order valence-electron chi connectivity index (χ1n) is 12.5. The summed E-state index contributed by atoms with van der Waals surface area (Å²) in [5.41, 5.74) is 3.77. The SMILES string of the molecule is C/C=C\C[C@@H]1CC[C@H](OCc2ccccc2)[C@@H](COCc2ccccc2)N1Cc1ccccc1. The zero-order valence-corrected chi connectivity index (χ0v) is 20.3. The first-order chi connectivity index (χ1) is 16.8. The monoisotopic (exact) mass is 455 g/mol. The molecule has 0 spiro atoms. The molecular formula is C31H37NO2. The number of piperidine rings is 1. The molecule has 178 valence electrons. The van der Waals surface area contributed by atoms with Crippen LogP contribution in [0.3, 0.4) is 0 Å². The maximum atomic E-state index is 6.57. The molecule has 0 saturated carbocycles. The number of allylic oxidation sites excluding steroid dienone is 1. The van der Waals surface area contributed by atoms with E-state index in [-0.39, 0.29) is 12.1 Å². The molecule has 1 aliphatic rings. The van der Waals surface area contributed by atoms with Crippen LogP contribution in [0.1, 0.15) is 42.9 Å². The van der Waals surface area contributed by atoms with Gasteiger partial charge in [0.2, 0.25) is 0 Å². The summed E-state index contributed by atoms with van der Waals surface area (Å²) < 4.78 is 12.9. The predicted molar refractivity (Wildman–Crippen MR) is 139 cm³/mol. The van der Waals surface area contributed by atoms with Crippen LogP contribution in [0.2, 0.25) is 0 Å². The van der Waals surface area contributed by atoms with Gasteiger partial charge in [-0.05, 0) is 42.9 Å². The standard InChI is InChI=1S/C31H37NO2/c1-2-3-19-29-20-21-31(34-24-28-17-11-6-12-18-28)30(25-33-23-27-15-9-5-10-16-27)32(29)22-26-13-7-4-8-14-26/h2-18,29-31H,19-25H2,1H3/b3-2-/t29-,30-,31+/m1/s1. The second kappa shape index (κ2) is 13.2. The largest absolute Gasteiger partial charge is 0.375 e. The molecule has 3 nitrogen and oxygen atoms in total. The van der Waals surface area contributed by atoms with Crippen molar-refractivity contribution in [2.24, 2.45) is 0 Å². The van der Waals surface area contributed by atoms with Crippen LogP contribution in [0.25, 0.3) is 0 Å². The second-order valence-corrected chi connectivity index (χ2v) is 9.10. The van der Waals surface area contributed by atoms with E-state index >= 15 is 0 Å². The average Bonchev–Trinajstić information content (AvgIpc) is 2.89. The van der Waals surface area contributed by atoms with Gasteiger partial charge >= 0.3 is 0 Å². The molecule has 3 atom stereocenters. The number of hydrogen-bond donors (Lipinski definition) is 0. The highest BCUT2D eigenvalue weighted by atomic mass is 16.5. The Morgan fingerprint density at radius 3 is 1.97 bits per heavy atom. The van der Waals surface area contributed by atoms with E-state index in [1.165, 1.54) is 16.7 Å². The van der Waals surface area contributed by atoms with Crippen molar-refractivity contribution >= 4 is 0 Å². The molecule has 0 unspecified atom stereocenters. The summed E-state index contributed by atoms with van der Waals surface area (Å²) in [7, 11) is 0. The van der Waals surface area contributed by atoms with Gasteiger partial charge in [0.05, 0.1) is 32.0 Å². The molecule has 1 saturated heterocycles. The van der Waals surface area contributed by atoms with Crippen molar-refractivity contribution in [3.05, 3.63) is 120 Å². The number of rotatable bonds is 11. The smallest absolute Gasteiger partial charge is 0.0758 e. The van der Waals surface area contributed by atoms with Gasteiger partial charge in [-0.25, -0.2) is 0 Å². The Bertz CT molecular complexity index is 974. The summed E-state index contributed by atoms with van der Waals surface area (Å²) in [5, 5.41) is 0. The molecule has 4 rings (SSSR count). The van der Waals surface area contributed by atoms with Crippen molar-refractivity contribution in [2.75, 3.05) is 6.61 Å². The van der Waals surface area contributed by atoms with E-state index in [1.807, 2.05) is 6.07 Å². The van der Waals surface area contributed by atoms with Crippen LogP contribution in [-0.4, -0.2) is 29.7 Å². The molecule has 0 radical (unpaired) electrons. The normalized spacial score (nSPS) is 21.1. The van der Waals surface area contributed by atoms with E-state index in [0.29, 0.717) is 25.9 Å². The molecule has 0 amide bonds. The van der Waals surface area contributed by atoms with Crippen LogP contribution in [0.4, 0.5) is 0 Å². The van der Waals surface area contributed by atoms with Crippen molar-refractivity contribution in [1.29, 1.82) is 0 Å². The van der Waals surface area contributed by atoms with Crippen LogP contribution in [-0.2, 0) is 29.2 Å². The Hall–Kier alpha value is -2.72. The highest BCUT2D eigenvalue weighted by Crippen LogP contribution is 2.30. The first-order valence-corrected chi connectivity index (χ1v) is 12.5. The lowest BCUT2D eigenvalue weighted by Gasteiger charge is -2.46. The van der Waals surface area contributed by atoms with Crippen LogP contribution in [0, 0.1) is 0 Å². The van der Waals surface area contributed by atoms with Crippen LogP contribution < -0.4 is 0 Å². The van der Waals surface area contributed by atoms with E-state index in [4.69, 9.17) is 9.47 Å². The van der Waals surface area contributed by atoms with Crippen molar-refractivity contribution in [2.45, 2.75) is 64.1 Å². The Kier molecular flexibility index (Phi) is 9.50. The van der Waals surface area contributed by atoms with Crippen LogP contribution >= 0.6 is 0 Å². The average molecular weight is 456 g/mol. The van der Waals surface area contributed by atoms with Gasteiger partial charge in [0.1, 0.15) is 0 Å². The van der Waals surface area contributed by atoms with Gasteiger partial charge in [-0.3, -0.25) is 4.90 Å². The number of benzene rings is 3. The molecule has 0 aromatic heterocycles. The fourth-order valence-electron chi connectivity index (χ4n) is 4.83. The highest BCUT2D eigenvalue weighted by molar-refractivity contribution is 5.16. The Labute approximate surface area is 205 Å². The molecular weight excluding hydrogens is 418 g/mol. The van der Waals surface area contributed by atoms with E-state index in [9.17, 15) is 0 Å². The minimum atomic E-state index is 0.140. The Morgan fingerprint density at radius 1 is 0.765 bits per heavy atom. The van der Waals surface area contributed by atoms with Crippen LogP contribution in [0.5, 0.6) is 0 Å². The molecule has 1 fully saturated rings. The molecule has 3 aromatic carbocycles. The lowest BCUT2D eigenvalue weighted by molar-refractivity contribution is -0.101. The van der Waals surface area contributed by atoms with Gasteiger partial charge in [0, 0.05) is 12.6 Å². The zero-order chi connectivity index (χ0) is 23.4. The third kappa shape index (κ3) is 7.14. The minimum absolute atomic E-state index is 0.140. The summed E-state index contributed by atoms with van der Waals surface area (Å²) in [6.07, 6.45) is 7.85. The maximum absolute atomic E-state index is 6.57. The lowest BCUT2D eigenvalue weighted by atomic mass is 9.90. The summed E-state index contributed by atoms with van der Waals surface area (Å²) in [6.45, 7) is 4.94. The second-order valence-electron chi connectivity index (χ2n) is 9.10. The predicted octanol–water partition coefficient (Wildman–Crippen LogP) is 6.79. The summed E-state index contributed by atoms with van der Waals surface area (Å²) >= 11 is 0. The fraction of sp³-hybridized carbons (Fsp3) is 0.355. The van der Waals surface area contributed by atoms with Gasteiger partial charge in [-0.15, -0.1) is 0 Å². The minimum Gasteiger partial charge on any atom is -0.375 e. The summed E-state index contributed by atoms with van der Waals surface area (Å²) in [5.74, 6) is 0. The molecule has 34 heavy (non-hydrogen) atoms. The number of nitrogens with zero attached hydrogens (tertiary/aromatic N) is 1. The highest BCUT2D eigenvalue weighted by Gasteiger charge is 2.37. The topological polar surface area (TPSA) is 21.7 Å².